The van der Waals surface area contributed by atoms with Crippen molar-refractivity contribution in [3.63, 3.8) is 0 Å². The number of halogens is 3. The SMILES string of the molecule is Cc1c(Cl)cccc1N(CC(=O)N(Cc1ccc(Cl)cc1Cl)[C@@H](Cc1ccccc1)C(=O)NC1CCCCC1)S(C)(=O)=O. The van der Waals surface area contributed by atoms with Crippen LogP contribution in [0.5, 0.6) is 0 Å². The number of nitrogens with zero attached hydrogens (tertiary/aromatic N) is 2. The second-order valence-electron chi connectivity index (χ2n) is 11.0. The maximum Gasteiger partial charge on any atom is 0.244 e. The summed E-state index contributed by atoms with van der Waals surface area (Å²) in [5.41, 5.74) is 2.24. The molecule has 0 bridgehead atoms. The van der Waals surface area contributed by atoms with Gasteiger partial charge in [0.1, 0.15) is 12.6 Å². The number of nitrogens with one attached hydrogen (secondary N) is 1. The maximum absolute atomic E-state index is 14.3. The second kappa shape index (κ2) is 14.8. The van der Waals surface area contributed by atoms with E-state index in [4.69, 9.17) is 34.8 Å². The first kappa shape index (κ1) is 33.1. The largest absolute Gasteiger partial charge is 0.352 e. The zero-order valence-corrected chi connectivity index (χ0v) is 27.3. The van der Waals surface area contributed by atoms with Gasteiger partial charge in [-0.1, -0.05) is 96.5 Å². The zero-order chi connectivity index (χ0) is 31.1. The molecule has 11 heteroatoms. The quantitative estimate of drug-likeness (QED) is 0.244. The molecule has 0 heterocycles. The molecule has 3 aromatic carbocycles. The number of amides is 2. The summed E-state index contributed by atoms with van der Waals surface area (Å²) >= 11 is 19.0. The van der Waals surface area contributed by atoms with E-state index in [1.54, 1.807) is 43.3 Å². The van der Waals surface area contributed by atoms with Crippen molar-refractivity contribution < 1.29 is 18.0 Å². The van der Waals surface area contributed by atoms with Gasteiger partial charge >= 0.3 is 0 Å². The first-order valence-corrected chi connectivity index (χ1v) is 17.2. The van der Waals surface area contributed by atoms with Gasteiger partial charge in [-0.2, -0.15) is 0 Å². The summed E-state index contributed by atoms with van der Waals surface area (Å²) in [6, 6.07) is 18.3. The predicted molar refractivity (Wildman–Crippen MR) is 174 cm³/mol. The molecular weight excluding hydrogens is 629 g/mol. The van der Waals surface area contributed by atoms with E-state index in [1.165, 1.54) is 4.90 Å². The molecule has 43 heavy (non-hydrogen) atoms. The molecule has 4 rings (SSSR count). The second-order valence-corrected chi connectivity index (χ2v) is 14.1. The number of rotatable bonds is 11. The average Bonchev–Trinajstić information content (AvgIpc) is 2.96. The Bertz CT molecular complexity index is 1550. The smallest absolute Gasteiger partial charge is 0.244 e. The monoisotopic (exact) mass is 663 g/mol. The van der Waals surface area contributed by atoms with Gasteiger partial charge in [0.15, 0.2) is 0 Å². The van der Waals surface area contributed by atoms with Crippen molar-refractivity contribution >= 4 is 62.3 Å². The lowest BCUT2D eigenvalue weighted by molar-refractivity contribution is -0.140. The zero-order valence-electron chi connectivity index (χ0n) is 24.2. The highest BCUT2D eigenvalue weighted by Crippen LogP contribution is 2.29. The number of hydrogen-bond donors (Lipinski definition) is 1. The van der Waals surface area contributed by atoms with E-state index < -0.39 is 28.5 Å². The van der Waals surface area contributed by atoms with Gasteiger partial charge < -0.3 is 10.2 Å². The molecule has 0 spiro atoms. The summed E-state index contributed by atoms with van der Waals surface area (Å²) in [5, 5.41) is 4.32. The molecule has 1 fully saturated rings. The molecule has 0 saturated heterocycles. The molecule has 0 radical (unpaired) electrons. The lowest BCUT2D eigenvalue weighted by Crippen LogP contribution is -2.55. The number of carbonyl (C=O) groups excluding carboxylic acids is 2. The van der Waals surface area contributed by atoms with Crippen LogP contribution in [0.15, 0.2) is 66.7 Å². The van der Waals surface area contributed by atoms with Crippen molar-refractivity contribution in [2.24, 2.45) is 0 Å². The highest BCUT2D eigenvalue weighted by molar-refractivity contribution is 7.92. The molecule has 3 aromatic rings. The van der Waals surface area contributed by atoms with Crippen molar-refractivity contribution in [2.75, 3.05) is 17.1 Å². The molecule has 1 atom stereocenters. The summed E-state index contributed by atoms with van der Waals surface area (Å²) in [6.45, 7) is 1.13. The first-order valence-electron chi connectivity index (χ1n) is 14.2. The Labute approximate surface area is 269 Å². The van der Waals surface area contributed by atoms with E-state index in [-0.39, 0.29) is 24.9 Å². The summed E-state index contributed by atoms with van der Waals surface area (Å²) in [5.74, 6) is -0.852. The summed E-state index contributed by atoms with van der Waals surface area (Å²) in [7, 11) is -3.92. The van der Waals surface area contributed by atoms with E-state index in [9.17, 15) is 18.0 Å². The highest BCUT2D eigenvalue weighted by Gasteiger charge is 2.34. The van der Waals surface area contributed by atoms with Gasteiger partial charge in [0, 0.05) is 34.1 Å². The number of anilines is 1. The van der Waals surface area contributed by atoms with Crippen LogP contribution >= 0.6 is 34.8 Å². The highest BCUT2D eigenvalue weighted by atomic mass is 35.5. The topological polar surface area (TPSA) is 86.8 Å². The Morgan fingerprint density at radius 3 is 2.28 bits per heavy atom. The van der Waals surface area contributed by atoms with Crippen molar-refractivity contribution in [3.05, 3.63) is 98.5 Å². The lowest BCUT2D eigenvalue weighted by Gasteiger charge is -2.35. The fraction of sp³-hybridized carbons (Fsp3) is 0.375. The van der Waals surface area contributed by atoms with Crippen LogP contribution in [0.2, 0.25) is 15.1 Å². The standard InChI is InChI=1S/C32H36Cl3N3O4S/c1-22-27(34)14-9-15-29(22)38(43(2,41)42)21-31(39)37(20-24-16-17-25(33)19-28(24)35)30(18-23-10-5-3-6-11-23)32(40)36-26-12-7-4-8-13-26/h3,5-6,9-11,14-17,19,26,30H,4,7-8,12-13,18,20-21H2,1-2H3,(H,36,40)/t30-/m0/s1. The summed E-state index contributed by atoms with van der Waals surface area (Å²) in [4.78, 5) is 29.8. The minimum atomic E-state index is -3.92. The van der Waals surface area contributed by atoms with Gasteiger partial charge in [0.05, 0.1) is 11.9 Å². The van der Waals surface area contributed by atoms with Gasteiger partial charge in [-0.15, -0.1) is 0 Å². The van der Waals surface area contributed by atoms with Crippen molar-refractivity contribution in [1.82, 2.24) is 10.2 Å². The van der Waals surface area contributed by atoms with Gasteiger partial charge in [-0.3, -0.25) is 13.9 Å². The number of carbonyl (C=O) groups is 2. The van der Waals surface area contributed by atoms with Crippen LogP contribution in [-0.4, -0.2) is 50.0 Å². The minimum absolute atomic E-state index is 0.0113. The number of benzene rings is 3. The Balaban J connectivity index is 1.76. The average molecular weight is 665 g/mol. The Kier molecular flexibility index (Phi) is 11.4. The van der Waals surface area contributed by atoms with Crippen molar-refractivity contribution in [3.8, 4) is 0 Å². The molecule has 1 saturated carbocycles. The number of hydrogen-bond acceptors (Lipinski definition) is 4. The normalized spacial score (nSPS) is 14.6. The summed E-state index contributed by atoms with van der Waals surface area (Å²) in [6.07, 6.45) is 6.19. The third kappa shape index (κ3) is 8.88. The molecule has 1 aliphatic rings. The van der Waals surface area contributed by atoms with Crippen LogP contribution in [0.25, 0.3) is 0 Å². The lowest BCUT2D eigenvalue weighted by atomic mass is 9.94. The molecule has 230 valence electrons. The molecule has 7 nitrogen and oxygen atoms in total. The van der Waals surface area contributed by atoms with Crippen LogP contribution in [0, 0.1) is 6.92 Å². The van der Waals surface area contributed by atoms with Crippen LogP contribution < -0.4 is 9.62 Å². The fourth-order valence-electron chi connectivity index (χ4n) is 5.39. The maximum atomic E-state index is 14.3. The van der Waals surface area contributed by atoms with Crippen LogP contribution in [-0.2, 0) is 32.6 Å². The Morgan fingerprint density at radius 1 is 0.930 bits per heavy atom. The third-order valence-corrected chi connectivity index (χ3v) is 9.89. The fourth-order valence-corrected chi connectivity index (χ4v) is 6.93. The number of sulfonamides is 1. The molecule has 1 N–H and O–H groups in total. The molecule has 0 unspecified atom stereocenters. The van der Waals surface area contributed by atoms with E-state index in [0.29, 0.717) is 31.9 Å². The molecule has 0 aromatic heterocycles. The van der Waals surface area contributed by atoms with E-state index in [1.807, 2.05) is 30.3 Å². The van der Waals surface area contributed by atoms with Crippen molar-refractivity contribution in [1.29, 1.82) is 0 Å². The van der Waals surface area contributed by atoms with Crippen LogP contribution in [0.1, 0.15) is 48.8 Å². The van der Waals surface area contributed by atoms with Crippen LogP contribution in [0.3, 0.4) is 0 Å². The Morgan fingerprint density at radius 2 is 1.63 bits per heavy atom. The van der Waals surface area contributed by atoms with Crippen molar-refractivity contribution in [2.45, 2.75) is 64.1 Å². The van der Waals surface area contributed by atoms with Gasteiger partial charge in [0.2, 0.25) is 21.8 Å². The van der Waals surface area contributed by atoms with E-state index in [2.05, 4.69) is 5.32 Å². The van der Waals surface area contributed by atoms with E-state index >= 15 is 0 Å². The molecule has 0 aliphatic heterocycles. The third-order valence-electron chi connectivity index (χ3n) is 7.77. The Hall–Kier alpha value is -2.78. The minimum Gasteiger partial charge on any atom is -0.352 e. The molecular formula is C32H36Cl3N3O4S. The van der Waals surface area contributed by atoms with Crippen LogP contribution in [0.4, 0.5) is 5.69 Å². The molecule has 2 amide bonds. The molecule has 1 aliphatic carbocycles. The van der Waals surface area contributed by atoms with Gasteiger partial charge in [-0.25, -0.2) is 8.42 Å². The van der Waals surface area contributed by atoms with Gasteiger partial charge in [-0.05, 0) is 60.7 Å². The van der Waals surface area contributed by atoms with E-state index in [0.717, 1.165) is 48.2 Å². The predicted octanol–water partition coefficient (Wildman–Crippen LogP) is 6.81. The first-order chi connectivity index (χ1) is 20.4. The summed E-state index contributed by atoms with van der Waals surface area (Å²) < 4.78 is 27.1. The van der Waals surface area contributed by atoms with Gasteiger partial charge in [0.25, 0.3) is 0 Å².